The minimum atomic E-state index is -1.22. The van der Waals surface area contributed by atoms with Gasteiger partial charge < -0.3 is 14.6 Å². The molecule has 0 spiro atoms. The highest BCUT2D eigenvalue weighted by atomic mass is 35.5. The fourth-order valence-corrected chi connectivity index (χ4v) is 2.53. The van der Waals surface area contributed by atoms with Gasteiger partial charge in [-0.3, -0.25) is 0 Å². The van der Waals surface area contributed by atoms with Gasteiger partial charge in [0.1, 0.15) is 11.9 Å². The predicted molar refractivity (Wildman–Crippen MR) is 80.0 cm³/mol. The SMILES string of the molecule is COc1cc(F)c(C(O)c2cc(Cl)cc(Cl)c2)cc1OC. The molecule has 0 aliphatic carbocycles. The lowest BCUT2D eigenvalue weighted by Gasteiger charge is -2.16. The van der Waals surface area contributed by atoms with Crippen LogP contribution in [0.25, 0.3) is 0 Å². The van der Waals surface area contributed by atoms with Crippen molar-refractivity contribution in [2.45, 2.75) is 6.10 Å². The monoisotopic (exact) mass is 330 g/mol. The van der Waals surface area contributed by atoms with Crippen LogP contribution in [-0.4, -0.2) is 19.3 Å². The summed E-state index contributed by atoms with van der Waals surface area (Å²) in [4.78, 5) is 0. The molecule has 21 heavy (non-hydrogen) atoms. The second-order valence-corrected chi connectivity index (χ2v) is 5.21. The summed E-state index contributed by atoms with van der Waals surface area (Å²) < 4.78 is 24.2. The van der Waals surface area contributed by atoms with Gasteiger partial charge in [0.2, 0.25) is 0 Å². The molecule has 2 aromatic rings. The van der Waals surface area contributed by atoms with Gasteiger partial charge >= 0.3 is 0 Å². The first-order valence-corrected chi connectivity index (χ1v) is 6.77. The Hall–Kier alpha value is -1.49. The van der Waals surface area contributed by atoms with Crippen molar-refractivity contribution in [2.75, 3.05) is 14.2 Å². The molecular formula is C15H13Cl2FO3. The zero-order chi connectivity index (χ0) is 15.6. The fourth-order valence-electron chi connectivity index (χ4n) is 1.99. The van der Waals surface area contributed by atoms with Crippen molar-refractivity contribution in [3.8, 4) is 11.5 Å². The smallest absolute Gasteiger partial charge is 0.163 e. The quantitative estimate of drug-likeness (QED) is 0.911. The van der Waals surface area contributed by atoms with E-state index in [-0.39, 0.29) is 11.3 Å². The molecule has 0 heterocycles. The first-order valence-electron chi connectivity index (χ1n) is 6.01. The Morgan fingerprint density at radius 2 is 1.48 bits per heavy atom. The third-order valence-corrected chi connectivity index (χ3v) is 3.43. The lowest BCUT2D eigenvalue weighted by atomic mass is 10.0. The average Bonchev–Trinajstić information content (AvgIpc) is 2.45. The van der Waals surface area contributed by atoms with Crippen LogP contribution in [0.15, 0.2) is 30.3 Å². The molecule has 2 aromatic carbocycles. The number of aliphatic hydroxyl groups excluding tert-OH is 1. The summed E-state index contributed by atoms with van der Waals surface area (Å²) in [6.07, 6.45) is -1.22. The van der Waals surface area contributed by atoms with Gasteiger partial charge in [0.15, 0.2) is 11.5 Å². The van der Waals surface area contributed by atoms with Crippen molar-refractivity contribution in [1.82, 2.24) is 0 Å². The van der Waals surface area contributed by atoms with E-state index < -0.39 is 11.9 Å². The van der Waals surface area contributed by atoms with E-state index in [1.165, 1.54) is 38.5 Å². The number of rotatable bonds is 4. The predicted octanol–water partition coefficient (Wildman–Crippen LogP) is 4.23. The van der Waals surface area contributed by atoms with Crippen LogP contribution in [0.4, 0.5) is 4.39 Å². The Bertz CT molecular complexity index is 641. The molecule has 0 aliphatic heterocycles. The topological polar surface area (TPSA) is 38.7 Å². The van der Waals surface area contributed by atoms with Crippen LogP contribution in [-0.2, 0) is 0 Å². The summed E-state index contributed by atoms with van der Waals surface area (Å²) >= 11 is 11.8. The molecular weight excluding hydrogens is 318 g/mol. The normalized spacial score (nSPS) is 12.1. The van der Waals surface area contributed by atoms with Gasteiger partial charge in [0, 0.05) is 21.7 Å². The number of methoxy groups -OCH3 is 2. The zero-order valence-electron chi connectivity index (χ0n) is 11.4. The van der Waals surface area contributed by atoms with Crippen LogP contribution < -0.4 is 9.47 Å². The molecule has 6 heteroatoms. The van der Waals surface area contributed by atoms with E-state index in [1.54, 1.807) is 0 Å². The minimum Gasteiger partial charge on any atom is -0.493 e. The maximum absolute atomic E-state index is 14.1. The summed E-state index contributed by atoms with van der Waals surface area (Å²) in [6, 6.07) is 7.12. The molecule has 2 rings (SSSR count). The summed E-state index contributed by atoms with van der Waals surface area (Å²) in [5, 5.41) is 11.1. The van der Waals surface area contributed by atoms with Gasteiger partial charge in [-0.15, -0.1) is 0 Å². The van der Waals surface area contributed by atoms with Gasteiger partial charge in [-0.25, -0.2) is 4.39 Å². The third kappa shape index (κ3) is 3.40. The standard InChI is InChI=1S/C15H13Cl2FO3/c1-20-13-6-11(12(18)7-14(13)21-2)15(19)8-3-9(16)5-10(17)4-8/h3-7,15,19H,1-2H3. The second-order valence-electron chi connectivity index (χ2n) is 4.33. The van der Waals surface area contributed by atoms with E-state index in [0.29, 0.717) is 21.4 Å². The van der Waals surface area contributed by atoms with Crippen LogP contribution in [0.3, 0.4) is 0 Å². The second kappa shape index (κ2) is 6.52. The van der Waals surface area contributed by atoms with Crippen molar-refractivity contribution in [3.63, 3.8) is 0 Å². The largest absolute Gasteiger partial charge is 0.493 e. The molecule has 1 N–H and O–H groups in total. The Balaban J connectivity index is 2.49. The molecule has 1 unspecified atom stereocenters. The molecule has 112 valence electrons. The van der Waals surface area contributed by atoms with Crippen molar-refractivity contribution in [3.05, 3.63) is 57.3 Å². The summed E-state index contributed by atoms with van der Waals surface area (Å²) in [5.74, 6) is -0.0487. The van der Waals surface area contributed by atoms with Crippen LogP contribution in [0.2, 0.25) is 10.0 Å². The van der Waals surface area contributed by atoms with Crippen molar-refractivity contribution in [1.29, 1.82) is 0 Å². The van der Waals surface area contributed by atoms with Gasteiger partial charge in [0.05, 0.1) is 14.2 Å². The highest BCUT2D eigenvalue weighted by Crippen LogP contribution is 2.35. The molecule has 0 radical (unpaired) electrons. The Kier molecular flexibility index (Phi) is 4.93. The minimum absolute atomic E-state index is 0.0472. The molecule has 0 aliphatic rings. The Labute approximate surface area is 131 Å². The number of ether oxygens (including phenoxy) is 2. The maximum Gasteiger partial charge on any atom is 0.163 e. The van der Waals surface area contributed by atoms with E-state index in [9.17, 15) is 9.50 Å². The first-order chi connectivity index (χ1) is 9.96. The zero-order valence-corrected chi connectivity index (χ0v) is 12.9. The van der Waals surface area contributed by atoms with Crippen molar-refractivity contribution >= 4 is 23.2 Å². The summed E-state index contributed by atoms with van der Waals surface area (Å²) in [6.45, 7) is 0. The Morgan fingerprint density at radius 3 is 2.00 bits per heavy atom. The number of aliphatic hydroxyl groups is 1. The number of benzene rings is 2. The molecule has 0 aromatic heterocycles. The van der Waals surface area contributed by atoms with Crippen molar-refractivity contribution < 1.29 is 19.0 Å². The first kappa shape index (κ1) is 15.9. The highest BCUT2D eigenvalue weighted by Gasteiger charge is 2.19. The Morgan fingerprint density at radius 1 is 0.952 bits per heavy atom. The van der Waals surface area contributed by atoms with E-state index in [4.69, 9.17) is 32.7 Å². The molecule has 0 saturated heterocycles. The van der Waals surface area contributed by atoms with Gasteiger partial charge in [-0.2, -0.15) is 0 Å². The van der Waals surface area contributed by atoms with Crippen LogP contribution >= 0.6 is 23.2 Å². The van der Waals surface area contributed by atoms with E-state index >= 15 is 0 Å². The fraction of sp³-hybridized carbons (Fsp3) is 0.200. The van der Waals surface area contributed by atoms with Crippen LogP contribution in [0.1, 0.15) is 17.2 Å². The summed E-state index contributed by atoms with van der Waals surface area (Å²) in [7, 11) is 2.84. The highest BCUT2D eigenvalue weighted by molar-refractivity contribution is 6.34. The van der Waals surface area contributed by atoms with Gasteiger partial charge in [0.25, 0.3) is 0 Å². The molecule has 3 nitrogen and oxygen atoms in total. The average molecular weight is 331 g/mol. The number of hydrogen-bond donors (Lipinski definition) is 1. The van der Waals surface area contributed by atoms with Gasteiger partial charge in [-0.05, 0) is 29.8 Å². The lowest BCUT2D eigenvalue weighted by Crippen LogP contribution is -2.04. The molecule has 0 saturated carbocycles. The molecule has 0 fully saturated rings. The third-order valence-electron chi connectivity index (χ3n) is 3.00. The number of halogens is 3. The van der Waals surface area contributed by atoms with E-state index in [1.807, 2.05) is 0 Å². The molecule has 0 bridgehead atoms. The van der Waals surface area contributed by atoms with E-state index in [2.05, 4.69) is 0 Å². The maximum atomic E-state index is 14.1. The molecule has 0 amide bonds. The lowest BCUT2D eigenvalue weighted by molar-refractivity contribution is 0.214. The van der Waals surface area contributed by atoms with Crippen LogP contribution in [0, 0.1) is 5.82 Å². The van der Waals surface area contributed by atoms with Crippen molar-refractivity contribution in [2.24, 2.45) is 0 Å². The van der Waals surface area contributed by atoms with Gasteiger partial charge in [-0.1, -0.05) is 23.2 Å². The number of hydrogen-bond acceptors (Lipinski definition) is 3. The summed E-state index contributed by atoms with van der Waals surface area (Å²) in [5.41, 5.74) is 0.435. The molecule has 1 atom stereocenters. The van der Waals surface area contributed by atoms with Crippen LogP contribution in [0.5, 0.6) is 11.5 Å². The van der Waals surface area contributed by atoms with E-state index in [0.717, 1.165) is 6.07 Å².